The molecule has 2 heterocycles. The third kappa shape index (κ3) is 1.47. The zero-order valence-electron chi connectivity index (χ0n) is 7.27. The molecule has 70 valence electrons. The second kappa shape index (κ2) is 3.29. The van der Waals surface area contributed by atoms with Gasteiger partial charge in [-0.25, -0.2) is 4.98 Å². The highest BCUT2D eigenvalue weighted by Gasteiger charge is 2.07. The van der Waals surface area contributed by atoms with Crippen molar-refractivity contribution in [2.45, 2.75) is 0 Å². The minimum atomic E-state index is -0.577. The molecule has 1 amide bonds. The zero-order valence-corrected chi connectivity index (χ0v) is 7.27. The van der Waals surface area contributed by atoms with Gasteiger partial charge in [-0.15, -0.1) is 0 Å². The maximum Gasteiger partial charge on any atom is 0.284 e. The van der Waals surface area contributed by atoms with E-state index in [1.807, 2.05) is 18.2 Å². The molecule has 0 saturated heterocycles. The number of pyridine rings is 1. The Kier molecular flexibility index (Phi) is 1.98. The molecule has 0 spiro atoms. The van der Waals surface area contributed by atoms with E-state index < -0.39 is 5.91 Å². The molecule has 0 radical (unpaired) electrons. The number of nitrogens with two attached hydrogens (primary N) is 1. The normalized spacial score (nSPS) is 10.0. The van der Waals surface area contributed by atoms with Crippen LogP contribution in [0.3, 0.4) is 0 Å². The highest BCUT2D eigenvalue weighted by molar-refractivity contribution is 5.89. The Balaban J connectivity index is 2.39. The Morgan fingerprint density at radius 2 is 2.21 bits per heavy atom. The molecule has 5 nitrogen and oxygen atoms in total. The van der Waals surface area contributed by atoms with E-state index in [2.05, 4.69) is 15.0 Å². The molecule has 0 unspecified atom stereocenters. The van der Waals surface area contributed by atoms with E-state index in [4.69, 9.17) is 5.73 Å². The number of rotatable bonds is 2. The molecular weight excluding hydrogens is 180 g/mol. The predicted octanol–water partition coefficient (Wildman–Crippen LogP) is 0.571. The van der Waals surface area contributed by atoms with Gasteiger partial charge in [-0.05, 0) is 12.1 Å². The molecular formula is C9H8N4O. The van der Waals surface area contributed by atoms with Crippen LogP contribution in [-0.4, -0.2) is 20.9 Å². The molecule has 2 aromatic rings. The number of H-pyrrole nitrogens is 1. The summed E-state index contributed by atoms with van der Waals surface area (Å²) in [5.41, 5.74) is 6.46. The van der Waals surface area contributed by atoms with E-state index in [0.29, 0.717) is 5.69 Å². The second-order valence-electron chi connectivity index (χ2n) is 2.72. The van der Waals surface area contributed by atoms with E-state index in [1.165, 1.54) is 6.20 Å². The fourth-order valence-corrected chi connectivity index (χ4v) is 1.10. The van der Waals surface area contributed by atoms with Gasteiger partial charge in [-0.3, -0.25) is 9.78 Å². The molecule has 0 saturated carbocycles. The molecule has 14 heavy (non-hydrogen) atoms. The first-order valence-corrected chi connectivity index (χ1v) is 4.03. The van der Waals surface area contributed by atoms with Gasteiger partial charge >= 0.3 is 0 Å². The standard InChI is InChI=1S/C9H8N4O/c10-8(14)9-12-5-7(13-9)6-3-1-2-4-11-6/h1-5H,(H2,10,14)(H,12,13). The Labute approximate surface area is 80.0 Å². The second-order valence-corrected chi connectivity index (χ2v) is 2.72. The van der Waals surface area contributed by atoms with Crippen molar-refractivity contribution in [1.29, 1.82) is 0 Å². The molecule has 2 aromatic heterocycles. The Morgan fingerprint density at radius 3 is 2.79 bits per heavy atom. The molecule has 0 aliphatic heterocycles. The number of aromatic amines is 1. The summed E-state index contributed by atoms with van der Waals surface area (Å²) in [6.45, 7) is 0. The van der Waals surface area contributed by atoms with Gasteiger partial charge in [0, 0.05) is 6.20 Å². The quantitative estimate of drug-likeness (QED) is 0.722. The van der Waals surface area contributed by atoms with Gasteiger partial charge in [0.1, 0.15) is 0 Å². The zero-order chi connectivity index (χ0) is 9.97. The number of primary amides is 1. The van der Waals surface area contributed by atoms with Crippen molar-refractivity contribution in [3.05, 3.63) is 36.4 Å². The van der Waals surface area contributed by atoms with Crippen LogP contribution in [0.2, 0.25) is 0 Å². The lowest BCUT2D eigenvalue weighted by Crippen LogP contribution is -2.12. The van der Waals surface area contributed by atoms with E-state index in [1.54, 1.807) is 6.20 Å². The summed E-state index contributed by atoms with van der Waals surface area (Å²) in [7, 11) is 0. The van der Waals surface area contributed by atoms with E-state index in [-0.39, 0.29) is 5.82 Å². The predicted molar refractivity (Wildman–Crippen MR) is 50.3 cm³/mol. The van der Waals surface area contributed by atoms with Gasteiger partial charge in [0.05, 0.1) is 17.6 Å². The van der Waals surface area contributed by atoms with Crippen molar-refractivity contribution >= 4 is 5.91 Å². The molecule has 0 aromatic carbocycles. The van der Waals surface area contributed by atoms with Crippen LogP contribution in [0.15, 0.2) is 30.6 Å². The third-order valence-electron chi connectivity index (χ3n) is 1.75. The van der Waals surface area contributed by atoms with Crippen LogP contribution < -0.4 is 5.73 Å². The monoisotopic (exact) mass is 188 g/mol. The van der Waals surface area contributed by atoms with Crippen molar-refractivity contribution in [3.8, 4) is 11.4 Å². The first kappa shape index (κ1) is 8.43. The Hall–Kier alpha value is -2.17. The summed E-state index contributed by atoms with van der Waals surface area (Å²) in [5.74, 6) is -0.433. The van der Waals surface area contributed by atoms with Crippen molar-refractivity contribution in [2.24, 2.45) is 5.73 Å². The molecule has 0 fully saturated rings. The minimum Gasteiger partial charge on any atom is -0.363 e. The van der Waals surface area contributed by atoms with E-state index in [0.717, 1.165) is 5.69 Å². The van der Waals surface area contributed by atoms with Crippen LogP contribution in [0.1, 0.15) is 10.6 Å². The number of imidazole rings is 1. The summed E-state index contributed by atoms with van der Waals surface area (Å²) in [4.78, 5) is 21.5. The van der Waals surface area contributed by atoms with Crippen LogP contribution in [0, 0.1) is 0 Å². The van der Waals surface area contributed by atoms with E-state index in [9.17, 15) is 4.79 Å². The van der Waals surface area contributed by atoms with Gasteiger partial charge in [-0.1, -0.05) is 6.07 Å². The number of amides is 1. The smallest absolute Gasteiger partial charge is 0.284 e. The summed E-state index contributed by atoms with van der Waals surface area (Å²) >= 11 is 0. The van der Waals surface area contributed by atoms with Crippen LogP contribution in [0.5, 0.6) is 0 Å². The van der Waals surface area contributed by atoms with E-state index >= 15 is 0 Å². The third-order valence-corrected chi connectivity index (χ3v) is 1.75. The van der Waals surface area contributed by atoms with Gasteiger partial charge in [-0.2, -0.15) is 0 Å². The maximum atomic E-state index is 10.8. The van der Waals surface area contributed by atoms with Crippen LogP contribution >= 0.6 is 0 Å². The first-order chi connectivity index (χ1) is 6.77. The molecule has 5 heteroatoms. The molecule has 0 bridgehead atoms. The number of carbonyl (C=O) groups is 1. The summed E-state index contributed by atoms with van der Waals surface area (Å²) < 4.78 is 0. The molecule has 3 N–H and O–H groups in total. The average molecular weight is 188 g/mol. The number of hydrogen-bond donors (Lipinski definition) is 2. The number of nitrogens with one attached hydrogen (secondary N) is 1. The lowest BCUT2D eigenvalue weighted by atomic mass is 10.3. The highest BCUT2D eigenvalue weighted by atomic mass is 16.1. The SMILES string of the molecule is NC(=O)c1ncc(-c2ccccn2)[nH]1. The van der Waals surface area contributed by atoms with Crippen LogP contribution in [0.4, 0.5) is 0 Å². The van der Waals surface area contributed by atoms with Crippen LogP contribution in [0.25, 0.3) is 11.4 Å². The minimum absolute atomic E-state index is 0.144. The van der Waals surface area contributed by atoms with Crippen molar-refractivity contribution in [2.75, 3.05) is 0 Å². The fourth-order valence-electron chi connectivity index (χ4n) is 1.10. The summed E-state index contributed by atoms with van der Waals surface area (Å²) in [6.07, 6.45) is 3.20. The van der Waals surface area contributed by atoms with Gasteiger partial charge < -0.3 is 10.7 Å². The molecule has 0 atom stereocenters. The maximum absolute atomic E-state index is 10.8. The van der Waals surface area contributed by atoms with Crippen molar-refractivity contribution < 1.29 is 4.79 Å². The summed E-state index contributed by atoms with van der Waals surface area (Å²) in [6, 6.07) is 5.49. The topological polar surface area (TPSA) is 84.7 Å². The number of aromatic nitrogens is 3. The largest absolute Gasteiger partial charge is 0.363 e. The highest BCUT2D eigenvalue weighted by Crippen LogP contribution is 2.12. The average Bonchev–Trinajstić information content (AvgIpc) is 2.68. The first-order valence-electron chi connectivity index (χ1n) is 4.03. The van der Waals surface area contributed by atoms with Gasteiger partial charge in [0.25, 0.3) is 5.91 Å². The summed E-state index contributed by atoms with van der Waals surface area (Å²) in [5, 5.41) is 0. The van der Waals surface area contributed by atoms with Gasteiger partial charge in [0.15, 0.2) is 5.82 Å². The Bertz CT molecular complexity index is 449. The number of carbonyl (C=O) groups excluding carboxylic acids is 1. The number of hydrogen-bond acceptors (Lipinski definition) is 3. The van der Waals surface area contributed by atoms with Gasteiger partial charge in [0.2, 0.25) is 0 Å². The molecule has 2 rings (SSSR count). The fraction of sp³-hybridized carbons (Fsp3) is 0. The lowest BCUT2D eigenvalue weighted by molar-refractivity contribution is 0.0991. The Morgan fingerprint density at radius 1 is 1.36 bits per heavy atom. The number of nitrogens with zero attached hydrogens (tertiary/aromatic N) is 2. The van der Waals surface area contributed by atoms with Crippen molar-refractivity contribution in [3.63, 3.8) is 0 Å². The molecule has 0 aliphatic carbocycles. The lowest BCUT2D eigenvalue weighted by Gasteiger charge is -1.93. The van der Waals surface area contributed by atoms with Crippen molar-refractivity contribution in [1.82, 2.24) is 15.0 Å². The van der Waals surface area contributed by atoms with Crippen LogP contribution in [-0.2, 0) is 0 Å². The molecule has 0 aliphatic rings.